The minimum atomic E-state index is -0.464. The van der Waals surface area contributed by atoms with Gasteiger partial charge in [-0.1, -0.05) is 30.3 Å². The summed E-state index contributed by atoms with van der Waals surface area (Å²) < 4.78 is 5.45. The van der Waals surface area contributed by atoms with Crippen molar-refractivity contribution in [2.45, 2.75) is 45.1 Å². The molecule has 2 atom stereocenters. The third-order valence-electron chi connectivity index (χ3n) is 5.02. The fourth-order valence-corrected chi connectivity index (χ4v) is 3.74. The summed E-state index contributed by atoms with van der Waals surface area (Å²) in [6.45, 7) is 10.9. The number of piperazine rings is 1. The molecule has 6 heteroatoms. The quantitative estimate of drug-likeness (QED) is 0.889. The Morgan fingerprint density at radius 2 is 1.77 bits per heavy atom. The molecule has 0 unspecified atom stereocenters. The summed E-state index contributed by atoms with van der Waals surface area (Å²) in [5.74, 6) is 0. The van der Waals surface area contributed by atoms with Crippen LogP contribution < -0.4 is 0 Å². The van der Waals surface area contributed by atoms with Crippen LogP contribution in [-0.2, 0) is 11.3 Å². The van der Waals surface area contributed by atoms with E-state index in [0.29, 0.717) is 19.6 Å². The van der Waals surface area contributed by atoms with Crippen LogP contribution in [0.2, 0.25) is 0 Å². The highest BCUT2D eigenvalue weighted by atomic mass is 16.6. The van der Waals surface area contributed by atoms with Gasteiger partial charge in [0.1, 0.15) is 5.60 Å². The first-order valence-corrected chi connectivity index (χ1v) is 9.48. The lowest BCUT2D eigenvalue weighted by Gasteiger charge is -2.39. The molecule has 26 heavy (non-hydrogen) atoms. The Morgan fingerprint density at radius 3 is 2.38 bits per heavy atom. The molecule has 2 fully saturated rings. The standard InChI is InChI=1S/C20H31N3O3/c1-20(2,3)26-19(25)23-11-9-22(10-12-23)17-14-21(15-18(17)24)13-16-7-5-4-6-8-16/h4-8,17-18,24H,9-15H2,1-3H3/t17-,18-/m1/s1. The molecular formula is C20H31N3O3. The average Bonchev–Trinajstić information content (AvgIpc) is 2.94. The smallest absolute Gasteiger partial charge is 0.410 e. The van der Waals surface area contributed by atoms with Gasteiger partial charge in [0.15, 0.2) is 0 Å². The predicted octanol–water partition coefficient (Wildman–Crippen LogP) is 1.78. The first-order chi connectivity index (χ1) is 12.3. The number of aliphatic hydroxyl groups excluding tert-OH is 1. The van der Waals surface area contributed by atoms with Crippen molar-refractivity contribution < 1.29 is 14.6 Å². The largest absolute Gasteiger partial charge is 0.444 e. The van der Waals surface area contributed by atoms with Crippen LogP contribution in [0.3, 0.4) is 0 Å². The summed E-state index contributed by atoms with van der Waals surface area (Å²) in [5.41, 5.74) is 0.809. The van der Waals surface area contributed by atoms with Crippen LogP contribution in [0.25, 0.3) is 0 Å². The minimum Gasteiger partial charge on any atom is -0.444 e. The van der Waals surface area contributed by atoms with Crippen LogP contribution >= 0.6 is 0 Å². The molecule has 0 spiro atoms. The van der Waals surface area contributed by atoms with Crippen molar-refractivity contribution in [2.24, 2.45) is 0 Å². The summed E-state index contributed by atoms with van der Waals surface area (Å²) in [7, 11) is 0. The van der Waals surface area contributed by atoms with Crippen LogP contribution in [0.1, 0.15) is 26.3 Å². The SMILES string of the molecule is CC(C)(C)OC(=O)N1CCN([C@@H]2CN(Cc3ccccc3)C[C@H]2O)CC1. The highest BCUT2D eigenvalue weighted by Crippen LogP contribution is 2.21. The van der Waals surface area contributed by atoms with Gasteiger partial charge in [0.2, 0.25) is 0 Å². The topological polar surface area (TPSA) is 56.2 Å². The maximum absolute atomic E-state index is 12.2. The number of carbonyl (C=O) groups excluding carboxylic acids is 1. The van der Waals surface area contributed by atoms with Gasteiger partial charge >= 0.3 is 6.09 Å². The Bertz CT molecular complexity index is 594. The molecule has 2 heterocycles. The zero-order chi connectivity index (χ0) is 18.7. The van der Waals surface area contributed by atoms with Gasteiger partial charge in [0.25, 0.3) is 0 Å². The van der Waals surface area contributed by atoms with E-state index in [1.807, 2.05) is 26.8 Å². The minimum absolute atomic E-state index is 0.138. The monoisotopic (exact) mass is 361 g/mol. The molecule has 0 aliphatic carbocycles. The summed E-state index contributed by atoms with van der Waals surface area (Å²) in [6.07, 6.45) is -0.582. The maximum Gasteiger partial charge on any atom is 0.410 e. The number of amides is 1. The number of likely N-dealkylation sites (tertiary alicyclic amines) is 1. The third-order valence-corrected chi connectivity index (χ3v) is 5.02. The summed E-state index contributed by atoms with van der Waals surface area (Å²) >= 11 is 0. The second-order valence-corrected chi connectivity index (χ2v) is 8.32. The lowest BCUT2D eigenvalue weighted by molar-refractivity contribution is 0.00326. The Labute approximate surface area is 156 Å². The van der Waals surface area contributed by atoms with Crippen molar-refractivity contribution in [3.8, 4) is 0 Å². The number of aliphatic hydroxyl groups is 1. The Kier molecular flexibility index (Phi) is 5.85. The molecule has 2 aliphatic rings. The van der Waals surface area contributed by atoms with Gasteiger partial charge in [-0.15, -0.1) is 0 Å². The van der Waals surface area contributed by atoms with Gasteiger partial charge in [-0.25, -0.2) is 4.79 Å². The fraction of sp³-hybridized carbons (Fsp3) is 0.650. The van der Waals surface area contributed by atoms with E-state index >= 15 is 0 Å². The number of rotatable bonds is 3. The Hall–Kier alpha value is -1.63. The molecule has 1 aromatic rings. The molecule has 2 aliphatic heterocycles. The highest BCUT2D eigenvalue weighted by molar-refractivity contribution is 5.68. The molecule has 1 amide bonds. The van der Waals surface area contributed by atoms with E-state index in [4.69, 9.17) is 4.74 Å². The molecule has 0 saturated carbocycles. The number of carbonyl (C=O) groups is 1. The maximum atomic E-state index is 12.2. The number of hydrogen-bond acceptors (Lipinski definition) is 5. The van der Waals surface area contributed by atoms with Gasteiger partial charge in [0, 0.05) is 51.9 Å². The molecular weight excluding hydrogens is 330 g/mol. The van der Waals surface area contributed by atoms with E-state index in [-0.39, 0.29) is 18.2 Å². The summed E-state index contributed by atoms with van der Waals surface area (Å²) in [5, 5.41) is 10.5. The van der Waals surface area contributed by atoms with E-state index in [9.17, 15) is 9.90 Å². The molecule has 1 aromatic carbocycles. The average molecular weight is 361 g/mol. The Morgan fingerprint density at radius 1 is 1.12 bits per heavy atom. The number of nitrogens with zero attached hydrogens (tertiary/aromatic N) is 3. The van der Waals surface area contributed by atoms with Crippen molar-refractivity contribution in [1.29, 1.82) is 0 Å². The molecule has 0 bridgehead atoms. The lowest BCUT2D eigenvalue weighted by Crippen LogP contribution is -2.55. The first kappa shape index (κ1) is 19.1. The first-order valence-electron chi connectivity index (χ1n) is 9.48. The van der Waals surface area contributed by atoms with E-state index in [2.05, 4.69) is 34.1 Å². The van der Waals surface area contributed by atoms with Crippen molar-refractivity contribution in [2.75, 3.05) is 39.3 Å². The molecule has 0 radical (unpaired) electrons. The number of ether oxygens (including phenoxy) is 1. The number of β-amino-alcohol motifs (C(OH)–C–C–N with tert-alkyl or cyclic N) is 1. The molecule has 3 rings (SSSR count). The normalized spacial score (nSPS) is 25.5. The van der Waals surface area contributed by atoms with E-state index < -0.39 is 5.60 Å². The molecule has 144 valence electrons. The molecule has 1 N–H and O–H groups in total. The van der Waals surface area contributed by atoms with Gasteiger partial charge in [-0.3, -0.25) is 9.80 Å². The fourth-order valence-electron chi connectivity index (χ4n) is 3.74. The van der Waals surface area contributed by atoms with Crippen LogP contribution in [0.4, 0.5) is 4.79 Å². The van der Waals surface area contributed by atoms with E-state index in [1.54, 1.807) is 4.90 Å². The van der Waals surface area contributed by atoms with Crippen molar-refractivity contribution in [3.05, 3.63) is 35.9 Å². The van der Waals surface area contributed by atoms with Gasteiger partial charge in [-0.2, -0.15) is 0 Å². The summed E-state index contributed by atoms with van der Waals surface area (Å²) in [6, 6.07) is 10.5. The van der Waals surface area contributed by atoms with Crippen LogP contribution in [-0.4, -0.2) is 82.9 Å². The highest BCUT2D eigenvalue weighted by Gasteiger charge is 2.37. The van der Waals surface area contributed by atoms with Gasteiger partial charge in [-0.05, 0) is 26.3 Å². The lowest BCUT2D eigenvalue weighted by atomic mass is 10.1. The van der Waals surface area contributed by atoms with E-state index in [1.165, 1.54) is 5.56 Å². The van der Waals surface area contributed by atoms with Crippen LogP contribution in [0.5, 0.6) is 0 Å². The zero-order valence-corrected chi connectivity index (χ0v) is 16.1. The second kappa shape index (κ2) is 7.94. The number of benzene rings is 1. The van der Waals surface area contributed by atoms with Crippen molar-refractivity contribution in [3.63, 3.8) is 0 Å². The molecule has 6 nitrogen and oxygen atoms in total. The molecule has 0 aromatic heterocycles. The van der Waals surface area contributed by atoms with Crippen molar-refractivity contribution >= 4 is 6.09 Å². The second-order valence-electron chi connectivity index (χ2n) is 8.32. The van der Waals surface area contributed by atoms with E-state index in [0.717, 1.165) is 26.2 Å². The number of hydrogen-bond donors (Lipinski definition) is 1. The Balaban J connectivity index is 1.49. The predicted molar refractivity (Wildman–Crippen MR) is 101 cm³/mol. The van der Waals surface area contributed by atoms with Gasteiger partial charge < -0.3 is 14.7 Å². The summed E-state index contributed by atoms with van der Waals surface area (Å²) in [4.78, 5) is 18.6. The zero-order valence-electron chi connectivity index (χ0n) is 16.1. The van der Waals surface area contributed by atoms with Gasteiger partial charge in [0.05, 0.1) is 6.10 Å². The van der Waals surface area contributed by atoms with Crippen molar-refractivity contribution in [1.82, 2.24) is 14.7 Å². The molecule has 2 saturated heterocycles. The van der Waals surface area contributed by atoms with Crippen LogP contribution in [0, 0.1) is 0 Å². The van der Waals surface area contributed by atoms with Crippen LogP contribution in [0.15, 0.2) is 30.3 Å². The third kappa shape index (κ3) is 4.96.